The average molecular weight is 984 g/mol. The first kappa shape index (κ1) is 54.2. The number of rotatable bonds is 22. The summed E-state index contributed by atoms with van der Waals surface area (Å²) < 4.78 is 43.2. The Bertz CT molecular complexity index is 2600. The molecule has 0 aliphatic carbocycles. The van der Waals surface area contributed by atoms with Crippen LogP contribution in [-0.2, 0) is 36.6 Å². The topological polar surface area (TPSA) is 258 Å². The highest BCUT2D eigenvalue weighted by Gasteiger charge is 2.26. The molecule has 0 fully saturated rings. The minimum Gasteiger partial charge on any atom is -0.480 e. The van der Waals surface area contributed by atoms with Gasteiger partial charge in [0.15, 0.2) is 22.9 Å². The number of hydrogen-bond acceptors (Lipinski definition) is 15. The summed E-state index contributed by atoms with van der Waals surface area (Å²) in [7, 11) is 1.17. The van der Waals surface area contributed by atoms with Crippen molar-refractivity contribution in [1.82, 2.24) is 40.5 Å². The molecule has 0 aliphatic rings. The highest BCUT2D eigenvalue weighted by atomic mass is 35.5. The first-order chi connectivity index (χ1) is 32.2. The second-order valence-electron chi connectivity index (χ2n) is 14.7. The number of esters is 1. The van der Waals surface area contributed by atoms with Crippen LogP contribution in [0.2, 0.25) is 10.0 Å². The lowest BCUT2D eigenvalue weighted by Crippen LogP contribution is -2.42. The highest BCUT2D eigenvalue weighted by molar-refractivity contribution is 6.34. The monoisotopic (exact) mass is 982 g/mol. The van der Waals surface area contributed by atoms with Gasteiger partial charge < -0.3 is 40.2 Å². The number of ether oxygens (including phenoxy) is 3. The number of aryl methyl sites for hydroxylation is 2. The fourth-order valence-corrected chi connectivity index (χ4v) is 6.73. The number of amides is 2. The van der Waals surface area contributed by atoms with Crippen LogP contribution in [0.5, 0.6) is 0 Å². The number of carbonyl (C=O) groups excluding carboxylic acids is 3. The molecule has 0 radical (unpaired) electrons. The van der Waals surface area contributed by atoms with E-state index in [-0.39, 0.29) is 56.7 Å². The van der Waals surface area contributed by atoms with E-state index in [0.717, 1.165) is 46.9 Å². The molecule has 0 aromatic carbocycles. The zero-order chi connectivity index (χ0) is 48.3. The van der Waals surface area contributed by atoms with Crippen LogP contribution < -0.4 is 10.6 Å². The first-order valence-electron chi connectivity index (χ1n) is 20.7. The number of hydrogen-bond donors (Lipinski definition) is 5. The smallest absolute Gasteiger partial charge is 0.328 e. The quantitative estimate of drug-likeness (QED) is 0.0414. The molecule has 6 rings (SSSR count). The number of aliphatic hydroxyl groups is 2. The van der Waals surface area contributed by atoms with Crippen LogP contribution in [0.15, 0.2) is 85.7 Å². The molecule has 0 spiro atoms. The maximum Gasteiger partial charge on any atom is 0.328 e. The normalized spacial score (nSPS) is 12.7. The number of carboxylic acid groups (broad SMARTS) is 1. The fraction of sp³-hybridized carbons (Fsp3) is 0.348. The van der Waals surface area contributed by atoms with E-state index in [1.807, 2.05) is 48.5 Å². The van der Waals surface area contributed by atoms with Gasteiger partial charge in [0.05, 0.1) is 66.1 Å². The van der Waals surface area contributed by atoms with Crippen LogP contribution in [0.25, 0.3) is 22.1 Å². The number of methoxy groups -OCH3 is 1. The molecule has 6 aromatic rings. The predicted octanol–water partition coefficient (Wildman–Crippen LogP) is 5.53. The molecule has 2 unspecified atom stereocenters. The van der Waals surface area contributed by atoms with Crippen molar-refractivity contribution in [3.05, 3.63) is 130 Å². The van der Waals surface area contributed by atoms with Crippen LogP contribution in [0.1, 0.15) is 65.2 Å². The van der Waals surface area contributed by atoms with Crippen LogP contribution in [0.4, 0.5) is 8.78 Å². The van der Waals surface area contributed by atoms with E-state index in [1.54, 1.807) is 12.4 Å². The first-order valence-corrected chi connectivity index (χ1v) is 21.4. The van der Waals surface area contributed by atoms with Crippen molar-refractivity contribution < 1.29 is 57.5 Å². The van der Waals surface area contributed by atoms with Gasteiger partial charge >= 0.3 is 11.9 Å². The number of carboxylic acids is 1. The minimum atomic E-state index is -1.33. The molecule has 2 amide bonds. The molecular formula is C46H50Cl2F2N8O10. The van der Waals surface area contributed by atoms with Gasteiger partial charge in [-0.1, -0.05) is 30.6 Å². The molecule has 22 heteroatoms. The third kappa shape index (κ3) is 16.4. The van der Waals surface area contributed by atoms with Crippen LogP contribution >= 0.6 is 23.2 Å². The summed E-state index contributed by atoms with van der Waals surface area (Å²) in [5, 5.41) is 35.7. The summed E-state index contributed by atoms with van der Waals surface area (Å²) in [4.78, 5) is 72.5. The van der Waals surface area contributed by atoms with E-state index in [1.165, 1.54) is 7.11 Å². The Morgan fingerprint density at radius 1 is 0.662 bits per heavy atom. The van der Waals surface area contributed by atoms with Gasteiger partial charge in [0.1, 0.15) is 12.1 Å². The van der Waals surface area contributed by atoms with Gasteiger partial charge in [0, 0.05) is 73.0 Å². The number of pyridine rings is 6. The summed E-state index contributed by atoms with van der Waals surface area (Å²) >= 11 is 11.6. The van der Waals surface area contributed by atoms with Gasteiger partial charge in [-0.25, -0.2) is 38.3 Å². The van der Waals surface area contributed by atoms with E-state index in [4.69, 9.17) is 37.4 Å². The van der Waals surface area contributed by atoms with Crippen molar-refractivity contribution >= 4 is 69.0 Å². The fourth-order valence-electron chi connectivity index (χ4n) is 6.27. The average Bonchev–Trinajstić information content (AvgIpc) is 3.31. The number of nitrogens with zero attached hydrogens (tertiary/aromatic N) is 6. The Balaban J connectivity index is 0.000000292. The molecule has 68 heavy (non-hydrogen) atoms. The van der Waals surface area contributed by atoms with Gasteiger partial charge in [-0.3, -0.25) is 19.6 Å². The molecule has 6 aromatic heterocycles. The number of aliphatic carboxylic acids is 1. The predicted molar refractivity (Wildman–Crippen MR) is 246 cm³/mol. The number of aromatic nitrogens is 6. The van der Waals surface area contributed by atoms with E-state index in [0.29, 0.717) is 37.0 Å². The van der Waals surface area contributed by atoms with Gasteiger partial charge in [-0.05, 0) is 74.2 Å². The molecule has 0 saturated carbocycles. The Morgan fingerprint density at radius 2 is 1.10 bits per heavy atom. The number of fused-ring (bicyclic) bond motifs is 2. The Labute approximate surface area is 399 Å². The molecule has 0 saturated heterocycles. The van der Waals surface area contributed by atoms with E-state index >= 15 is 0 Å². The Morgan fingerprint density at radius 3 is 1.53 bits per heavy atom. The lowest BCUT2D eigenvalue weighted by atomic mass is 10.1. The number of halogens is 4. The highest BCUT2D eigenvalue weighted by Crippen LogP contribution is 2.19. The lowest BCUT2D eigenvalue weighted by molar-refractivity contribution is -0.143. The number of carbonyl (C=O) groups is 4. The molecule has 362 valence electrons. The van der Waals surface area contributed by atoms with Gasteiger partial charge in [0.25, 0.3) is 11.8 Å². The van der Waals surface area contributed by atoms with Crippen molar-refractivity contribution in [3.8, 4) is 0 Å². The maximum absolute atomic E-state index is 13.9. The summed E-state index contributed by atoms with van der Waals surface area (Å²) in [6.07, 6.45) is 7.50. The van der Waals surface area contributed by atoms with E-state index < -0.39 is 70.8 Å². The lowest BCUT2D eigenvalue weighted by Gasteiger charge is -2.18. The van der Waals surface area contributed by atoms with Crippen LogP contribution in [0.3, 0.4) is 0 Å². The van der Waals surface area contributed by atoms with Gasteiger partial charge in [-0.15, -0.1) is 0 Å². The molecule has 0 aliphatic heterocycles. The van der Waals surface area contributed by atoms with E-state index in [9.17, 15) is 43.3 Å². The SMILES string of the molecule is C.COC(=O)C(CCOC[C@@H](O)CCc1ccc2cccnc2n1)NC(=O)c1c(F)cncc1Cl.O=C(NC(CCOC[C@@H](O)CCc1ccc2cccnc2n1)C(=O)O)c1c(F)cncc1Cl. The summed E-state index contributed by atoms with van der Waals surface area (Å²) in [5.41, 5.74) is 1.98. The zero-order valence-electron chi connectivity index (χ0n) is 35.9. The maximum atomic E-state index is 13.9. The molecule has 6 heterocycles. The molecule has 0 bridgehead atoms. The van der Waals surface area contributed by atoms with Gasteiger partial charge in [-0.2, -0.15) is 0 Å². The Hall–Kier alpha value is -6.42. The van der Waals surface area contributed by atoms with Crippen molar-refractivity contribution in [2.75, 3.05) is 33.5 Å². The number of aliphatic hydroxyl groups excluding tert-OH is 2. The van der Waals surface area contributed by atoms with E-state index in [2.05, 4.69) is 40.5 Å². The minimum absolute atomic E-state index is 0. The third-order valence-corrected chi connectivity index (χ3v) is 10.4. The second kappa shape index (κ2) is 27.4. The van der Waals surface area contributed by atoms with Crippen LogP contribution in [-0.4, -0.2) is 127 Å². The molecule has 5 N–H and O–H groups in total. The second-order valence-corrected chi connectivity index (χ2v) is 15.5. The Kier molecular flexibility index (Phi) is 21.8. The summed E-state index contributed by atoms with van der Waals surface area (Å²) in [6, 6.07) is 12.7. The van der Waals surface area contributed by atoms with Crippen LogP contribution in [0, 0.1) is 11.6 Å². The summed E-state index contributed by atoms with van der Waals surface area (Å²) in [6.45, 7) is 0.0101. The molecule has 18 nitrogen and oxygen atoms in total. The summed E-state index contributed by atoms with van der Waals surface area (Å²) in [5.74, 6) is -5.75. The standard InChI is InChI=1S/C23H24ClFN4O5.C22H22ClFN4O5.CH4/c1-33-23(32)19(29-22(31)20-17(24)11-26-12-18(20)25)8-10-34-13-16(30)7-6-15-5-4-14-3-2-9-27-21(14)28-15;23-16-10-25-11-17(24)19(16)21(30)28-18(22(31)32)7-9-33-12-15(29)6-5-14-4-3-13-2-1-8-26-20(13)27-14;/h2-5,9,11-12,16,19,30H,6-8,10,13H2,1H3,(H,29,31);1-4,8,10-11,15,18,29H,5-7,9,12H2,(H,28,30)(H,31,32);1H4/t16-,19?;15-,18?;/m00./s1. The van der Waals surface area contributed by atoms with Crippen molar-refractivity contribution in [3.63, 3.8) is 0 Å². The molecule has 4 atom stereocenters. The largest absolute Gasteiger partial charge is 0.480 e. The van der Waals surface area contributed by atoms with Crippen molar-refractivity contribution in [2.24, 2.45) is 0 Å². The third-order valence-electron chi connectivity index (χ3n) is 9.79. The number of nitrogens with one attached hydrogen (secondary N) is 2. The van der Waals surface area contributed by atoms with Gasteiger partial charge in [0.2, 0.25) is 0 Å². The van der Waals surface area contributed by atoms with Crippen molar-refractivity contribution in [1.29, 1.82) is 0 Å². The molecular weight excluding hydrogens is 933 g/mol. The van der Waals surface area contributed by atoms with Crippen molar-refractivity contribution in [2.45, 2.75) is 70.2 Å². The zero-order valence-corrected chi connectivity index (χ0v) is 37.4.